The first kappa shape index (κ1) is 15.4. The number of nitrogens with one attached hydrogen (secondary N) is 1. The number of piperazine rings is 1. The maximum absolute atomic E-state index is 13.2. The minimum atomic E-state index is -0.179. The molecule has 22 heavy (non-hydrogen) atoms. The van der Waals surface area contributed by atoms with Crippen LogP contribution in [0.2, 0.25) is 0 Å². The molecule has 4 nitrogen and oxygen atoms in total. The van der Waals surface area contributed by atoms with Crippen LogP contribution in [-0.2, 0) is 11.3 Å². The van der Waals surface area contributed by atoms with Crippen LogP contribution in [-0.4, -0.2) is 54.0 Å². The number of rotatable bonds is 5. The summed E-state index contributed by atoms with van der Waals surface area (Å²) >= 11 is 0. The van der Waals surface area contributed by atoms with Gasteiger partial charge in [-0.05, 0) is 37.5 Å². The standard InChI is InChI=1S/C17H24FN3O/c1-13(17(22)19-16-5-6-16)21-9-7-20(8-10-21)12-14-3-2-4-15(18)11-14/h2-4,11,13,16H,5-10,12H2,1H3,(H,19,22)/t13-/m0/s1. The highest BCUT2D eigenvalue weighted by Gasteiger charge is 2.29. The molecule has 1 amide bonds. The highest BCUT2D eigenvalue weighted by Crippen LogP contribution is 2.19. The van der Waals surface area contributed by atoms with Crippen molar-refractivity contribution >= 4 is 5.91 Å². The predicted molar refractivity (Wildman–Crippen MR) is 83.9 cm³/mol. The third-order valence-electron chi connectivity index (χ3n) is 4.55. The Morgan fingerprint density at radius 3 is 2.68 bits per heavy atom. The maximum atomic E-state index is 13.2. The summed E-state index contributed by atoms with van der Waals surface area (Å²) in [4.78, 5) is 16.6. The summed E-state index contributed by atoms with van der Waals surface area (Å²) in [7, 11) is 0. The summed E-state index contributed by atoms with van der Waals surface area (Å²) in [5, 5.41) is 3.07. The van der Waals surface area contributed by atoms with Crippen molar-refractivity contribution in [1.29, 1.82) is 0 Å². The third kappa shape index (κ3) is 4.05. The minimum absolute atomic E-state index is 0.0584. The van der Waals surface area contributed by atoms with Crippen molar-refractivity contribution in [2.45, 2.75) is 38.4 Å². The fraction of sp³-hybridized carbons (Fsp3) is 0.588. The van der Waals surface area contributed by atoms with E-state index in [2.05, 4.69) is 15.1 Å². The molecule has 0 radical (unpaired) electrons. The molecule has 2 aliphatic rings. The van der Waals surface area contributed by atoms with Crippen molar-refractivity contribution in [3.63, 3.8) is 0 Å². The predicted octanol–water partition coefficient (Wildman–Crippen LogP) is 1.61. The average molecular weight is 305 g/mol. The highest BCUT2D eigenvalue weighted by molar-refractivity contribution is 5.81. The van der Waals surface area contributed by atoms with Crippen molar-refractivity contribution < 1.29 is 9.18 Å². The van der Waals surface area contributed by atoms with Gasteiger partial charge >= 0.3 is 0 Å². The largest absolute Gasteiger partial charge is 0.352 e. The first-order valence-electron chi connectivity index (χ1n) is 8.13. The van der Waals surface area contributed by atoms with E-state index in [1.54, 1.807) is 12.1 Å². The Morgan fingerprint density at radius 1 is 1.32 bits per heavy atom. The third-order valence-corrected chi connectivity index (χ3v) is 4.55. The maximum Gasteiger partial charge on any atom is 0.237 e. The first-order valence-corrected chi connectivity index (χ1v) is 8.13. The van der Waals surface area contributed by atoms with Gasteiger partial charge in [0.1, 0.15) is 5.82 Å². The van der Waals surface area contributed by atoms with Gasteiger partial charge in [-0.2, -0.15) is 0 Å². The van der Waals surface area contributed by atoms with Crippen molar-refractivity contribution in [3.05, 3.63) is 35.6 Å². The Bertz CT molecular complexity index is 524. The van der Waals surface area contributed by atoms with Gasteiger partial charge in [-0.15, -0.1) is 0 Å². The number of halogens is 1. The van der Waals surface area contributed by atoms with Gasteiger partial charge in [-0.1, -0.05) is 12.1 Å². The van der Waals surface area contributed by atoms with E-state index in [0.717, 1.165) is 51.1 Å². The molecule has 1 saturated heterocycles. The average Bonchev–Trinajstić information content (AvgIpc) is 3.31. The molecule has 1 aromatic rings. The van der Waals surface area contributed by atoms with Crippen molar-refractivity contribution in [2.75, 3.05) is 26.2 Å². The molecule has 1 heterocycles. The van der Waals surface area contributed by atoms with E-state index in [9.17, 15) is 9.18 Å². The number of amides is 1. The molecular formula is C17H24FN3O. The molecule has 0 aromatic heterocycles. The summed E-state index contributed by atoms with van der Waals surface area (Å²) in [6, 6.07) is 7.15. The van der Waals surface area contributed by atoms with Gasteiger partial charge in [0, 0.05) is 38.8 Å². The minimum Gasteiger partial charge on any atom is -0.352 e. The smallest absolute Gasteiger partial charge is 0.237 e. The lowest BCUT2D eigenvalue weighted by Gasteiger charge is -2.37. The van der Waals surface area contributed by atoms with Gasteiger partial charge in [-0.3, -0.25) is 14.6 Å². The topological polar surface area (TPSA) is 35.6 Å². The Balaban J connectivity index is 1.46. The van der Waals surface area contributed by atoms with Crippen LogP contribution >= 0.6 is 0 Å². The van der Waals surface area contributed by atoms with Crippen LogP contribution in [0.3, 0.4) is 0 Å². The quantitative estimate of drug-likeness (QED) is 0.898. The van der Waals surface area contributed by atoms with E-state index in [1.807, 2.05) is 13.0 Å². The molecule has 1 aromatic carbocycles. The zero-order valence-corrected chi connectivity index (χ0v) is 13.1. The molecule has 3 rings (SSSR count). The molecule has 0 spiro atoms. The summed E-state index contributed by atoms with van der Waals surface area (Å²) in [6.45, 7) is 6.35. The Kier molecular flexibility index (Phi) is 4.74. The molecule has 1 N–H and O–H groups in total. The molecule has 0 unspecified atom stereocenters. The van der Waals surface area contributed by atoms with Crippen molar-refractivity contribution in [1.82, 2.24) is 15.1 Å². The van der Waals surface area contributed by atoms with Crippen LogP contribution in [0.5, 0.6) is 0 Å². The summed E-state index contributed by atoms with van der Waals surface area (Å²) < 4.78 is 13.2. The van der Waals surface area contributed by atoms with Crippen LogP contribution in [0.25, 0.3) is 0 Å². The molecule has 1 aliphatic carbocycles. The van der Waals surface area contributed by atoms with Gasteiger partial charge < -0.3 is 5.32 Å². The zero-order valence-electron chi connectivity index (χ0n) is 13.1. The number of hydrogen-bond acceptors (Lipinski definition) is 3. The number of benzene rings is 1. The normalized spacial score (nSPS) is 21.5. The van der Waals surface area contributed by atoms with Gasteiger partial charge in [0.25, 0.3) is 0 Å². The van der Waals surface area contributed by atoms with Crippen LogP contribution < -0.4 is 5.32 Å². The second kappa shape index (κ2) is 6.75. The van der Waals surface area contributed by atoms with E-state index in [-0.39, 0.29) is 17.8 Å². The second-order valence-electron chi connectivity index (χ2n) is 6.40. The van der Waals surface area contributed by atoms with Crippen LogP contribution in [0.15, 0.2) is 24.3 Å². The van der Waals surface area contributed by atoms with E-state index in [0.29, 0.717) is 6.04 Å². The molecule has 2 fully saturated rings. The molecule has 5 heteroatoms. The van der Waals surface area contributed by atoms with Crippen LogP contribution in [0.4, 0.5) is 4.39 Å². The molecule has 0 bridgehead atoms. The molecule has 1 saturated carbocycles. The lowest BCUT2D eigenvalue weighted by atomic mass is 10.1. The second-order valence-corrected chi connectivity index (χ2v) is 6.40. The molecule has 120 valence electrons. The van der Waals surface area contributed by atoms with Gasteiger partial charge in [0.15, 0.2) is 0 Å². The summed E-state index contributed by atoms with van der Waals surface area (Å²) in [6.07, 6.45) is 2.25. The van der Waals surface area contributed by atoms with Crippen LogP contribution in [0.1, 0.15) is 25.3 Å². The Morgan fingerprint density at radius 2 is 2.05 bits per heavy atom. The van der Waals surface area contributed by atoms with Gasteiger partial charge in [-0.25, -0.2) is 4.39 Å². The molecule has 1 atom stereocenters. The fourth-order valence-corrected chi connectivity index (χ4v) is 2.92. The monoisotopic (exact) mass is 305 g/mol. The van der Waals surface area contributed by atoms with Crippen molar-refractivity contribution in [2.24, 2.45) is 0 Å². The number of carbonyl (C=O) groups is 1. The van der Waals surface area contributed by atoms with E-state index < -0.39 is 0 Å². The lowest BCUT2D eigenvalue weighted by molar-refractivity contribution is -0.126. The lowest BCUT2D eigenvalue weighted by Crippen LogP contribution is -2.53. The van der Waals surface area contributed by atoms with Gasteiger partial charge in [0.05, 0.1) is 6.04 Å². The summed E-state index contributed by atoms with van der Waals surface area (Å²) in [5.74, 6) is -0.0254. The Hall–Kier alpha value is -1.46. The highest BCUT2D eigenvalue weighted by atomic mass is 19.1. The SMILES string of the molecule is C[C@@H](C(=O)NC1CC1)N1CCN(Cc2cccc(F)c2)CC1. The van der Waals surface area contributed by atoms with Crippen molar-refractivity contribution in [3.8, 4) is 0 Å². The molecule has 1 aliphatic heterocycles. The zero-order chi connectivity index (χ0) is 15.5. The number of carbonyl (C=O) groups excluding carboxylic acids is 1. The first-order chi connectivity index (χ1) is 10.6. The number of hydrogen-bond donors (Lipinski definition) is 1. The number of nitrogens with zero attached hydrogens (tertiary/aromatic N) is 2. The fourth-order valence-electron chi connectivity index (χ4n) is 2.92. The van der Waals surface area contributed by atoms with Crippen LogP contribution in [0, 0.1) is 5.82 Å². The van der Waals surface area contributed by atoms with E-state index in [4.69, 9.17) is 0 Å². The summed E-state index contributed by atoms with van der Waals surface area (Å²) in [5.41, 5.74) is 1.01. The van der Waals surface area contributed by atoms with E-state index >= 15 is 0 Å². The van der Waals surface area contributed by atoms with E-state index in [1.165, 1.54) is 6.07 Å². The van der Waals surface area contributed by atoms with Gasteiger partial charge in [0.2, 0.25) is 5.91 Å². The Labute approximate surface area is 131 Å². The molecular weight excluding hydrogens is 281 g/mol.